The maximum absolute atomic E-state index is 12.9. The van der Waals surface area contributed by atoms with E-state index in [-0.39, 0.29) is 12.3 Å². The van der Waals surface area contributed by atoms with Gasteiger partial charge in [-0.1, -0.05) is 0 Å². The zero-order chi connectivity index (χ0) is 12.4. The fraction of sp³-hybridized carbons (Fsp3) is 0.100. The number of aromatic nitrogens is 2. The van der Waals surface area contributed by atoms with Gasteiger partial charge in [-0.05, 0) is 12.1 Å². The number of aromatic amines is 1. The Balaban J connectivity index is 2.36. The van der Waals surface area contributed by atoms with Crippen LogP contribution in [0.1, 0.15) is 16.3 Å². The summed E-state index contributed by atoms with van der Waals surface area (Å²) in [7, 11) is 0. The summed E-state index contributed by atoms with van der Waals surface area (Å²) in [4.78, 5) is 34.3. The van der Waals surface area contributed by atoms with Crippen LogP contribution in [0.5, 0.6) is 0 Å². The molecule has 7 heteroatoms. The summed E-state index contributed by atoms with van der Waals surface area (Å²) < 4.78 is 18.9. The van der Waals surface area contributed by atoms with Gasteiger partial charge in [0.15, 0.2) is 12.0 Å². The van der Waals surface area contributed by atoms with Crippen molar-refractivity contribution in [1.29, 1.82) is 0 Å². The van der Waals surface area contributed by atoms with Crippen LogP contribution < -0.4 is 11.2 Å². The lowest BCUT2D eigenvalue weighted by atomic mass is 10.4. The van der Waals surface area contributed by atoms with Crippen LogP contribution in [0.25, 0.3) is 0 Å². The van der Waals surface area contributed by atoms with Crippen molar-refractivity contribution in [3.05, 3.63) is 56.5 Å². The standard InChI is InChI=1S/C10H7FN2O4/c11-8-4-13(10(16)12-9(8)15)3-6-1-2-7(5-14)17-6/h1-2,4-5H,3H2,(H,12,15,16). The Bertz CT molecular complexity index is 667. The van der Waals surface area contributed by atoms with E-state index in [9.17, 15) is 18.8 Å². The molecular formula is C10H7FN2O4. The van der Waals surface area contributed by atoms with Crippen molar-refractivity contribution < 1.29 is 13.6 Å². The van der Waals surface area contributed by atoms with Crippen molar-refractivity contribution in [3.63, 3.8) is 0 Å². The van der Waals surface area contributed by atoms with E-state index < -0.39 is 17.1 Å². The van der Waals surface area contributed by atoms with Crippen LogP contribution in [0, 0.1) is 5.82 Å². The smallest absolute Gasteiger partial charge is 0.328 e. The molecule has 0 unspecified atom stereocenters. The molecule has 0 atom stereocenters. The van der Waals surface area contributed by atoms with Crippen molar-refractivity contribution in [3.8, 4) is 0 Å². The Kier molecular flexibility index (Phi) is 2.73. The van der Waals surface area contributed by atoms with Crippen LogP contribution in [0.2, 0.25) is 0 Å². The minimum atomic E-state index is -1.07. The van der Waals surface area contributed by atoms with Gasteiger partial charge in [0.1, 0.15) is 5.76 Å². The summed E-state index contributed by atoms with van der Waals surface area (Å²) in [5.74, 6) is -0.648. The first-order valence-electron chi connectivity index (χ1n) is 4.63. The second kappa shape index (κ2) is 4.20. The van der Waals surface area contributed by atoms with E-state index in [0.29, 0.717) is 12.0 Å². The number of furan rings is 1. The molecule has 88 valence electrons. The van der Waals surface area contributed by atoms with Crippen molar-refractivity contribution >= 4 is 6.29 Å². The second-order valence-corrected chi connectivity index (χ2v) is 3.29. The number of aldehydes is 1. The van der Waals surface area contributed by atoms with Gasteiger partial charge in [0, 0.05) is 0 Å². The molecule has 2 aromatic rings. The predicted molar refractivity (Wildman–Crippen MR) is 54.5 cm³/mol. The number of nitrogens with zero attached hydrogens (tertiary/aromatic N) is 1. The third-order valence-corrected chi connectivity index (χ3v) is 2.09. The van der Waals surface area contributed by atoms with Gasteiger partial charge >= 0.3 is 5.69 Å². The molecule has 0 saturated heterocycles. The first kappa shape index (κ1) is 11.1. The summed E-state index contributed by atoms with van der Waals surface area (Å²) in [5.41, 5.74) is -1.82. The largest absolute Gasteiger partial charge is 0.456 e. The third-order valence-electron chi connectivity index (χ3n) is 2.09. The van der Waals surface area contributed by atoms with Gasteiger partial charge in [0.05, 0.1) is 12.7 Å². The van der Waals surface area contributed by atoms with Crippen LogP contribution in [-0.4, -0.2) is 15.8 Å². The molecule has 2 aromatic heterocycles. The SMILES string of the molecule is O=Cc1ccc(Cn2cc(F)c(=O)[nH]c2=O)o1. The predicted octanol–water partition coefficient (Wildman–Crippen LogP) is 0.130. The maximum Gasteiger partial charge on any atom is 0.328 e. The summed E-state index contributed by atoms with van der Waals surface area (Å²) in [6, 6.07) is 2.91. The molecule has 0 aliphatic rings. The number of halogens is 1. The lowest BCUT2D eigenvalue weighted by molar-refractivity contribution is 0.109. The number of carbonyl (C=O) groups is 1. The highest BCUT2D eigenvalue weighted by Gasteiger charge is 2.07. The molecular weight excluding hydrogens is 231 g/mol. The molecule has 2 heterocycles. The first-order valence-corrected chi connectivity index (χ1v) is 4.63. The van der Waals surface area contributed by atoms with Crippen molar-refractivity contribution in [2.24, 2.45) is 0 Å². The Labute approximate surface area is 93.3 Å². The monoisotopic (exact) mass is 238 g/mol. The number of rotatable bonds is 3. The Morgan fingerprint density at radius 2 is 2.18 bits per heavy atom. The van der Waals surface area contributed by atoms with E-state index in [0.717, 1.165) is 10.8 Å². The second-order valence-electron chi connectivity index (χ2n) is 3.29. The van der Waals surface area contributed by atoms with Gasteiger partial charge in [0.2, 0.25) is 5.82 Å². The molecule has 0 radical (unpaired) electrons. The fourth-order valence-electron chi connectivity index (χ4n) is 1.31. The normalized spacial score (nSPS) is 10.4. The molecule has 0 bridgehead atoms. The van der Waals surface area contributed by atoms with E-state index in [4.69, 9.17) is 4.42 Å². The van der Waals surface area contributed by atoms with Crippen LogP contribution in [0.3, 0.4) is 0 Å². The third kappa shape index (κ3) is 2.22. The number of nitrogens with one attached hydrogen (secondary N) is 1. The minimum absolute atomic E-state index is 0.0691. The quantitative estimate of drug-likeness (QED) is 0.770. The Hall–Kier alpha value is -2.44. The van der Waals surface area contributed by atoms with Gasteiger partial charge in [-0.2, -0.15) is 4.39 Å². The van der Waals surface area contributed by atoms with E-state index >= 15 is 0 Å². The molecule has 0 aliphatic heterocycles. The lowest BCUT2D eigenvalue weighted by Crippen LogP contribution is -2.31. The highest BCUT2D eigenvalue weighted by atomic mass is 19.1. The first-order chi connectivity index (χ1) is 8.10. The summed E-state index contributed by atoms with van der Waals surface area (Å²) in [5, 5.41) is 0. The molecule has 0 aromatic carbocycles. The number of H-pyrrole nitrogens is 1. The highest BCUT2D eigenvalue weighted by molar-refractivity contribution is 5.70. The van der Waals surface area contributed by atoms with E-state index in [2.05, 4.69) is 0 Å². The fourth-order valence-corrected chi connectivity index (χ4v) is 1.31. The van der Waals surface area contributed by atoms with Gasteiger partial charge < -0.3 is 4.42 Å². The Morgan fingerprint density at radius 3 is 2.82 bits per heavy atom. The zero-order valence-electron chi connectivity index (χ0n) is 8.47. The van der Waals surface area contributed by atoms with E-state index in [1.165, 1.54) is 12.1 Å². The molecule has 6 nitrogen and oxygen atoms in total. The van der Waals surface area contributed by atoms with Crippen molar-refractivity contribution in [2.45, 2.75) is 6.54 Å². The minimum Gasteiger partial charge on any atom is -0.456 e. The van der Waals surface area contributed by atoms with Crippen LogP contribution >= 0.6 is 0 Å². The molecule has 0 aliphatic carbocycles. The van der Waals surface area contributed by atoms with Gasteiger partial charge in [-0.3, -0.25) is 19.1 Å². The van der Waals surface area contributed by atoms with Gasteiger partial charge in [0.25, 0.3) is 5.56 Å². The summed E-state index contributed by atoms with van der Waals surface area (Å²) in [6.45, 7) is -0.0691. The number of hydrogen-bond acceptors (Lipinski definition) is 4. The lowest BCUT2D eigenvalue weighted by Gasteiger charge is -2.01. The molecule has 0 amide bonds. The van der Waals surface area contributed by atoms with Crippen molar-refractivity contribution in [1.82, 2.24) is 9.55 Å². The van der Waals surface area contributed by atoms with Crippen molar-refractivity contribution in [2.75, 3.05) is 0 Å². The summed E-state index contributed by atoms with van der Waals surface area (Å²) in [6.07, 6.45) is 1.30. The number of hydrogen-bond donors (Lipinski definition) is 1. The number of carbonyl (C=O) groups excluding carboxylic acids is 1. The highest BCUT2D eigenvalue weighted by Crippen LogP contribution is 2.06. The van der Waals surface area contributed by atoms with Crippen LogP contribution in [0.15, 0.2) is 32.3 Å². The maximum atomic E-state index is 12.9. The van der Waals surface area contributed by atoms with E-state index in [1.807, 2.05) is 4.98 Å². The Morgan fingerprint density at radius 1 is 1.41 bits per heavy atom. The zero-order valence-corrected chi connectivity index (χ0v) is 8.47. The molecule has 0 saturated carbocycles. The molecule has 2 rings (SSSR count). The van der Waals surface area contributed by atoms with E-state index in [1.54, 1.807) is 0 Å². The molecule has 1 N–H and O–H groups in total. The average molecular weight is 238 g/mol. The van der Waals surface area contributed by atoms with Gasteiger partial charge in [-0.15, -0.1) is 0 Å². The van der Waals surface area contributed by atoms with Gasteiger partial charge in [-0.25, -0.2) is 4.79 Å². The molecule has 0 fully saturated rings. The molecule has 17 heavy (non-hydrogen) atoms. The summed E-state index contributed by atoms with van der Waals surface area (Å²) >= 11 is 0. The van der Waals surface area contributed by atoms with Crippen LogP contribution in [-0.2, 0) is 6.54 Å². The average Bonchev–Trinajstić information content (AvgIpc) is 2.73. The topological polar surface area (TPSA) is 85.1 Å². The van der Waals surface area contributed by atoms with Crippen LogP contribution in [0.4, 0.5) is 4.39 Å². The molecule has 0 spiro atoms.